The molecular weight excluding hydrogens is 372 g/mol. The first-order chi connectivity index (χ1) is 13.5. The van der Waals surface area contributed by atoms with E-state index in [2.05, 4.69) is 5.16 Å². The summed E-state index contributed by atoms with van der Waals surface area (Å²) in [7, 11) is 0. The third-order valence-corrected chi connectivity index (χ3v) is 5.37. The van der Waals surface area contributed by atoms with E-state index in [-0.39, 0.29) is 29.2 Å². The van der Waals surface area contributed by atoms with Crippen molar-refractivity contribution in [2.45, 2.75) is 31.8 Å². The molecule has 3 heterocycles. The number of aromatic nitrogens is 2. The predicted octanol–water partition coefficient (Wildman–Crippen LogP) is 2.86. The normalized spacial score (nSPS) is 16.4. The van der Waals surface area contributed by atoms with Crippen LogP contribution in [0.25, 0.3) is 10.9 Å². The first-order valence-electron chi connectivity index (χ1n) is 8.93. The Morgan fingerprint density at radius 3 is 2.82 bits per heavy atom. The van der Waals surface area contributed by atoms with Gasteiger partial charge in [0.05, 0.1) is 17.1 Å². The van der Waals surface area contributed by atoms with Gasteiger partial charge in [-0.3, -0.25) is 4.79 Å². The number of halogens is 2. The molecule has 1 saturated carbocycles. The second-order valence-corrected chi connectivity index (χ2v) is 7.18. The lowest BCUT2D eigenvalue weighted by Crippen LogP contribution is -2.31. The summed E-state index contributed by atoms with van der Waals surface area (Å²) in [4.78, 5) is 25.5. The van der Waals surface area contributed by atoms with Crippen molar-refractivity contribution in [2.24, 2.45) is 0 Å². The van der Waals surface area contributed by atoms with Crippen LogP contribution in [0, 0.1) is 11.6 Å². The van der Waals surface area contributed by atoms with Crippen LogP contribution in [0.5, 0.6) is 0 Å². The van der Waals surface area contributed by atoms with Gasteiger partial charge in [0.15, 0.2) is 5.82 Å². The lowest BCUT2D eigenvalue weighted by Gasteiger charge is -2.29. The molecule has 1 aromatic carbocycles. The third kappa shape index (κ3) is 2.42. The second kappa shape index (κ2) is 5.88. The molecule has 2 aromatic heterocycles. The summed E-state index contributed by atoms with van der Waals surface area (Å²) in [6, 6.07) is 0.852. The molecular formula is C19H15F2N3O4. The Bertz CT molecular complexity index is 1200. The summed E-state index contributed by atoms with van der Waals surface area (Å²) in [5.41, 5.74) is -0.894. The number of hydrogen-bond donors (Lipinski definition) is 1. The molecule has 0 spiro atoms. The zero-order valence-corrected chi connectivity index (χ0v) is 14.6. The van der Waals surface area contributed by atoms with E-state index < -0.39 is 28.6 Å². The van der Waals surface area contributed by atoms with Crippen LogP contribution in [0.3, 0.4) is 0 Å². The fourth-order valence-corrected chi connectivity index (χ4v) is 3.85. The molecule has 0 amide bonds. The lowest BCUT2D eigenvalue weighted by molar-refractivity contribution is 0.0694. The number of pyridine rings is 1. The van der Waals surface area contributed by atoms with E-state index in [0.29, 0.717) is 18.7 Å². The van der Waals surface area contributed by atoms with E-state index in [1.807, 2.05) is 0 Å². The van der Waals surface area contributed by atoms with Crippen LogP contribution < -0.4 is 10.3 Å². The van der Waals surface area contributed by atoms with Gasteiger partial charge >= 0.3 is 5.97 Å². The van der Waals surface area contributed by atoms with Gasteiger partial charge in [0.2, 0.25) is 5.43 Å². The zero-order valence-electron chi connectivity index (χ0n) is 14.6. The summed E-state index contributed by atoms with van der Waals surface area (Å²) in [6.45, 7) is 0.571. The highest BCUT2D eigenvalue weighted by Crippen LogP contribution is 2.40. The minimum Gasteiger partial charge on any atom is -0.477 e. The minimum atomic E-state index is -1.41. The van der Waals surface area contributed by atoms with Crippen LogP contribution in [-0.2, 0) is 13.0 Å². The molecule has 28 heavy (non-hydrogen) atoms. The molecule has 1 N–H and O–H groups in total. The van der Waals surface area contributed by atoms with Crippen molar-refractivity contribution in [1.82, 2.24) is 9.72 Å². The predicted molar refractivity (Wildman–Crippen MR) is 94.6 cm³/mol. The number of hydrogen-bond acceptors (Lipinski definition) is 5. The zero-order chi connectivity index (χ0) is 19.6. The molecule has 9 heteroatoms. The second-order valence-electron chi connectivity index (χ2n) is 7.18. The Labute approximate surface area is 156 Å². The van der Waals surface area contributed by atoms with E-state index >= 15 is 4.39 Å². The van der Waals surface area contributed by atoms with Crippen LogP contribution in [-0.4, -0.2) is 27.3 Å². The Kier molecular flexibility index (Phi) is 3.55. The average molecular weight is 387 g/mol. The van der Waals surface area contributed by atoms with Crippen LogP contribution >= 0.6 is 0 Å². The van der Waals surface area contributed by atoms with Crippen LogP contribution in [0.2, 0.25) is 0 Å². The molecule has 2 aliphatic rings. The van der Waals surface area contributed by atoms with Crippen molar-refractivity contribution in [1.29, 1.82) is 0 Å². The van der Waals surface area contributed by atoms with Gasteiger partial charge in [-0.1, -0.05) is 5.16 Å². The molecule has 0 bridgehead atoms. The summed E-state index contributed by atoms with van der Waals surface area (Å²) < 4.78 is 37.0. The topological polar surface area (TPSA) is 88.6 Å². The highest BCUT2D eigenvalue weighted by atomic mass is 19.1. The molecule has 1 aliphatic carbocycles. The van der Waals surface area contributed by atoms with Gasteiger partial charge in [-0.05, 0) is 18.9 Å². The highest BCUT2D eigenvalue weighted by Gasteiger charge is 2.32. The number of rotatable bonds is 3. The van der Waals surface area contributed by atoms with Gasteiger partial charge in [0.1, 0.15) is 22.8 Å². The maximum Gasteiger partial charge on any atom is 0.341 e. The molecule has 0 radical (unpaired) electrons. The van der Waals surface area contributed by atoms with Gasteiger partial charge in [-0.25, -0.2) is 13.6 Å². The van der Waals surface area contributed by atoms with Crippen molar-refractivity contribution in [3.63, 3.8) is 0 Å². The summed E-state index contributed by atoms with van der Waals surface area (Å²) in [6.07, 6.45) is 4.65. The number of carbonyl (C=O) groups is 1. The van der Waals surface area contributed by atoms with Crippen molar-refractivity contribution in [3.8, 4) is 0 Å². The van der Waals surface area contributed by atoms with E-state index in [1.54, 1.807) is 4.90 Å². The molecule has 0 saturated heterocycles. The molecule has 0 unspecified atom stereocenters. The van der Waals surface area contributed by atoms with Crippen LogP contribution in [0.15, 0.2) is 27.8 Å². The van der Waals surface area contributed by atoms with Gasteiger partial charge in [-0.2, -0.15) is 0 Å². The Balaban J connectivity index is 1.74. The van der Waals surface area contributed by atoms with Crippen molar-refractivity contribution in [2.75, 3.05) is 11.4 Å². The smallest absolute Gasteiger partial charge is 0.341 e. The maximum absolute atomic E-state index is 15.5. The number of carboxylic acid groups (broad SMARTS) is 1. The number of benzene rings is 1. The first-order valence-corrected chi connectivity index (χ1v) is 8.93. The molecule has 0 atom stereocenters. The molecule has 1 fully saturated rings. The van der Waals surface area contributed by atoms with E-state index in [0.717, 1.165) is 24.5 Å². The Hall–Kier alpha value is -3.23. The number of carboxylic acids is 1. The maximum atomic E-state index is 15.5. The number of anilines is 1. The van der Waals surface area contributed by atoms with Crippen LogP contribution in [0.4, 0.5) is 14.5 Å². The summed E-state index contributed by atoms with van der Waals surface area (Å²) in [5.74, 6) is -2.47. The van der Waals surface area contributed by atoms with Gasteiger partial charge < -0.3 is 19.1 Å². The fraction of sp³-hybridized carbons (Fsp3) is 0.316. The molecule has 1 aliphatic heterocycles. The minimum absolute atomic E-state index is 0.0509. The number of fused-ring (bicyclic) bond motifs is 2. The Morgan fingerprint density at radius 2 is 2.11 bits per heavy atom. The first kappa shape index (κ1) is 16.9. The summed E-state index contributed by atoms with van der Waals surface area (Å²) >= 11 is 0. The molecule has 5 rings (SSSR count). The molecule has 7 nitrogen and oxygen atoms in total. The van der Waals surface area contributed by atoms with Gasteiger partial charge in [0.25, 0.3) is 0 Å². The number of aromatic carboxylic acids is 1. The molecule has 3 aromatic rings. The van der Waals surface area contributed by atoms with E-state index in [1.165, 1.54) is 17.0 Å². The quantitative estimate of drug-likeness (QED) is 0.744. The number of nitrogens with zero attached hydrogens (tertiary/aromatic N) is 3. The van der Waals surface area contributed by atoms with Crippen molar-refractivity contribution >= 4 is 22.6 Å². The van der Waals surface area contributed by atoms with Gasteiger partial charge in [0, 0.05) is 37.3 Å². The van der Waals surface area contributed by atoms with E-state index in [9.17, 15) is 19.1 Å². The Morgan fingerprint density at radius 1 is 1.32 bits per heavy atom. The van der Waals surface area contributed by atoms with Gasteiger partial charge in [-0.15, -0.1) is 0 Å². The average Bonchev–Trinajstić information content (AvgIpc) is 3.39. The molecule has 144 valence electrons. The van der Waals surface area contributed by atoms with Crippen molar-refractivity contribution < 1.29 is 23.2 Å². The standard InChI is InChI=1S/C19H15F2N3O4/c20-13-5-11-16(24(10-1-2-10)8-12(18(11)25)19(26)27)15(21)17(13)23-4-3-14-9(7-23)6-22-28-14/h5-6,8,10H,1-4,7H2,(H,26,27). The third-order valence-electron chi connectivity index (χ3n) is 5.37. The monoisotopic (exact) mass is 387 g/mol. The largest absolute Gasteiger partial charge is 0.477 e. The highest BCUT2D eigenvalue weighted by molar-refractivity contribution is 5.94. The van der Waals surface area contributed by atoms with Crippen molar-refractivity contribution in [3.05, 3.63) is 57.2 Å². The van der Waals surface area contributed by atoms with Crippen LogP contribution in [0.1, 0.15) is 40.6 Å². The lowest BCUT2D eigenvalue weighted by atomic mass is 10.1. The fourth-order valence-electron chi connectivity index (χ4n) is 3.85. The van der Waals surface area contributed by atoms with E-state index in [4.69, 9.17) is 4.52 Å². The summed E-state index contributed by atoms with van der Waals surface area (Å²) in [5, 5.41) is 12.8. The SMILES string of the molecule is O=C(O)c1cn(C2CC2)c2c(F)c(N3CCc4oncc4C3)c(F)cc2c1=O.